The Balaban J connectivity index is 0.00000289. The van der Waals surface area contributed by atoms with Gasteiger partial charge in [0.2, 0.25) is 0 Å². The van der Waals surface area contributed by atoms with Crippen LogP contribution in [0.4, 0.5) is 33.7 Å². The molecule has 2 atom stereocenters. The molecule has 1 aromatic carbocycles. The number of nitrogens with zero attached hydrogens (tertiary/aromatic N) is 2. The summed E-state index contributed by atoms with van der Waals surface area (Å²) in [6.07, 6.45) is -1.08. The van der Waals surface area contributed by atoms with E-state index in [1.165, 1.54) is 0 Å². The molecular formula is C23H26F5N3O3. The summed E-state index contributed by atoms with van der Waals surface area (Å²) >= 11 is 0. The van der Waals surface area contributed by atoms with Crippen molar-refractivity contribution in [2.75, 3.05) is 23.3 Å². The highest BCUT2D eigenvalue weighted by Gasteiger charge is 2.47. The summed E-state index contributed by atoms with van der Waals surface area (Å²) in [7, 11) is 0. The maximum absolute atomic E-state index is 14.6. The molecule has 2 aromatic rings. The molecule has 2 heterocycles. The van der Waals surface area contributed by atoms with Gasteiger partial charge in [-0.15, -0.1) is 0 Å². The van der Waals surface area contributed by atoms with Gasteiger partial charge in [-0.05, 0) is 50.4 Å². The number of aromatic nitrogens is 1. The van der Waals surface area contributed by atoms with Crippen molar-refractivity contribution < 1.29 is 37.3 Å². The maximum Gasteiger partial charge on any atom is 0.396 e. The minimum Gasteiger partial charge on any atom is -0.484 e. The first-order valence-corrected chi connectivity index (χ1v) is 11.4. The lowest BCUT2D eigenvalue weighted by Crippen LogP contribution is -2.29. The summed E-state index contributed by atoms with van der Waals surface area (Å²) in [6.45, 7) is 1.10. The molecule has 0 radical (unpaired) electrons. The van der Waals surface area contributed by atoms with Crippen molar-refractivity contribution in [3.63, 3.8) is 0 Å². The van der Waals surface area contributed by atoms with Crippen LogP contribution in [0.3, 0.4) is 0 Å². The Labute approximate surface area is 193 Å². The van der Waals surface area contributed by atoms with Crippen molar-refractivity contribution in [2.24, 2.45) is 11.8 Å². The molecule has 11 heteroatoms. The van der Waals surface area contributed by atoms with Crippen molar-refractivity contribution in [3.05, 3.63) is 35.2 Å². The Morgan fingerprint density at radius 1 is 1.12 bits per heavy atom. The smallest absolute Gasteiger partial charge is 0.396 e. The lowest BCUT2D eigenvalue weighted by Gasteiger charge is -2.24. The van der Waals surface area contributed by atoms with Crippen LogP contribution in [0.25, 0.3) is 0 Å². The van der Waals surface area contributed by atoms with Crippen LogP contribution in [0.1, 0.15) is 56.2 Å². The van der Waals surface area contributed by atoms with Crippen LogP contribution in [-0.2, 0) is 6.42 Å². The zero-order chi connectivity index (χ0) is 24.0. The van der Waals surface area contributed by atoms with Gasteiger partial charge in [0, 0.05) is 32.3 Å². The summed E-state index contributed by atoms with van der Waals surface area (Å²) in [6, 6.07) is 1.68. The summed E-state index contributed by atoms with van der Waals surface area (Å²) in [5.41, 5.74) is -0.827. The number of fused-ring (bicyclic) bond motifs is 1. The van der Waals surface area contributed by atoms with Crippen LogP contribution in [0.15, 0.2) is 16.5 Å². The Bertz CT molecular complexity index is 1050. The van der Waals surface area contributed by atoms with E-state index in [9.17, 15) is 26.7 Å². The molecule has 0 bridgehead atoms. The number of halogens is 5. The zero-order valence-corrected chi connectivity index (χ0v) is 18.3. The first-order valence-electron chi connectivity index (χ1n) is 11.4. The third-order valence-electron chi connectivity index (χ3n) is 6.63. The van der Waals surface area contributed by atoms with E-state index in [-0.39, 0.29) is 19.2 Å². The van der Waals surface area contributed by atoms with Crippen molar-refractivity contribution >= 4 is 17.6 Å². The Morgan fingerprint density at radius 2 is 1.76 bits per heavy atom. The molecule has 186 valence electrons. The molecule has 5 rings (SSSR count). The SMILES string of the molecule is O=C(Nc1cc(F)c(OC2CC3CC3C2)c(F)c1)c1nc(N2CCCCC2)oc1CC(F)(F)F.[HH]. The fraction of sp³-hybridized carbons (Fsp3) is 0.565. The molecule has 2 aliphatic carbocycles. The van der Waals surface area contributed by atoms with Crippen LogP contribution < -0.4 is 15.0 Å². The van der Waals surface area contributed by atoms with Crippen LogP contribution in [0.5, 0.6) is 5.75 Å². The van der Waals surface area contributed by atoms with Gasteiger partial charge in [-0.3, -0.25) is 4.79 Å². The van der Waals surface area contributed by atoms with Crippen molar-refractivity contribution in [1.29, 1.82) is 0 Å². The van der Waals surface area contributed by atoms with E-state index in [1.807, 2.05) is 0 Å². The van der Waals surface area contributed by atoms with Crippen LogP contribution >= 0.6 is 0 Å². The van der Waals surface area contributed by atoms with Crippen molar-refractivity contribution in [2.45, 2.75) is 57.2 Å². The largest absolute Gasteiger partial charge is 0.484 e. The molecule has 34 heavy (non-hydrogen) atoms. The average molecular weight is 487 g/mol. The molecule has 1 N–H and O–H groups in total. The number of amides is 1. The Hall–Kier alpha value is -2.85. The number of hydrogen-bond donors (Lipinski definition) is 1. The summed E-state index contributed by atoms with van der Waals surface area (Å²) in [5, 5.41) is 2.23. The predicted molar refractivity (Wildman–Crippen MR) is 114 cm³/mol. The number of carbonyl (C=O) groups is 1. The number of rotatable bonds is 6. The monoisotopic (exact) mass is 487 g/mol. The molecule has 1 saturated heterocycles. The highest BCUT2D eigenvalue weighted by Crippen LogP contribution is 2.52. The highest BCUT2D eigenvalue weighted by atomic mass is 19.4. The van der Waals surface area contributed by atoms with E-state index in [1.54, 1.807) is 4.90 Å². The molecule has 0 spiro atoms. The number of hydrogen-bond acceptors (Lipinski definition) is 5. The van der Waals surface area contributed by atoms with Gasteiger partial charge in [0.05, 0.1) is 6.10 Å². The second kappa shape index (κ2) is 8.74. The standard InChI is InChI=1S/C23H24F5N3O3.H2/c24-16-9-14(10-17(25)20(16)33-15-7-12-6-13(12)8-15)29-21(32)19-18(11-23(26,27)28)34-22(30-19)31-4-2-1-3-5-31;/h9-10,12-13,15H,1-8,11H2,(H,29,32);1H. The fourth-order valence-electron chi connectivity index (χ4n) is 4.90. The quantitative estimate of drug-likeness (QED) is 0.528. The number of ether oxygens (including phenoxy) is 1. The number of nitrogens with one attached hydrogen (secondary N) is 1. The van der Waals surface area contributed by atoms with Crippen LogP contribution in [0, 0.1) is 23.5 Å². The average Bonchev–Trinajstić information content (AvgIpc) is 3.17. The normalized spacial score (nSPS) is 24.1. The fourth-order valence-corrected chi connectivity index (χ4v) is 4.90. The van der Waals surface area contributed by atoms with Crippen molar-refractivity contribution in [1.82, 2.24) is 4.98 Å². The van der Waals surface area contributed by atoms with Gasteiger partial charge in [0.15, 0.2) is 23.1 Å². The topological polar surface area (TPSA) is 67.6 Å². The third-order valence-corrected chi connectivity index (χ3v) is 6.63. The van der Waals surface area contributed by atoms with Gasteiger partial charge in [-0.2, -0.15) is 18.2 Å². The number of anilines is 2. The number of piperidine rings is 1. The van der Waals surface area contributed by atoms with Gasteiger partial charge in [-0.25, -0.2) is 8.78 Å². The molecule has 2 unspecified atom stereocenters. The van der Waals surface area contributed by atoms with Crippen LogP contribution in [-0.4, -0.2) is 36.3 Å². The van der Waals surface area contributed by atoms with Gasteiger partial charge < -0.3 is 19.4 Å². The second-order valence-electron chi connectivity index (χ2n) is 9.30. The Kier molecular flexibility index (Phi) is 5.89. The summed E-state index contributed by atoms with van der Waals surface area (Å²) in [5.74, 6) is -3.08. The van der Waals surface area contributed by atoms with Gasteiger partial charge >= 0.3 is 6.18 Å². The number of carbonyl (C=O) groups excluding carboxylic acids is 1. The predicted octanol–water partition coefficient (Wildman–Crippen LogP) is 5.72. The molecule has 3 aliphatic rings. The van der Waals surface area contributed by atoms with Crippen LogP contribution in [0.2, 0.25) is 0 Å². The minimum atomic E-state index is -4.63. The molecular weight excluding hydrogens is 461 g/mol. The molecule has 3 fully saturated rings. The third kappa shape index (κ3) is 4.97. The molecule has 1 aromatic heterocycles. The highest BCUT2D eigenvalue weighted by molar-refractivity contribution is 6.03. The summed E-state index contributed by atoms with van der Waals surface area (Å²) in [4.78, 5) is 18.4. The lowest BCUT2D eigenvalue weighted by atomic mass is 10.1. The zero-order valence-electron chi connectivity index (χ0n) is 18.3. The number of benzene rings is 1. The van der Waals surface area contributed by atoms with Crippen molar-refractivity contribution in [3.8, 4) is 5.75 Å². The van der Waals surface area contributed by atoms with E-state index >= 15 is 0 Å². The minimum absolute atomic E-state index is 0. The number of oxazole rings is 1. The van der Waals surface area contributed by atoms with Gasteiger partial charge in [0.1, 0.15) is 12.2 Å². The van der Waals surface area contributed by atoms with E-state index in [0.717, 1.165) is 50.7 Å². The first-order chi connectivity index (χ1) is 16.2. The summed E-state index contributed by atoms with van der Waals surface area (Å²) < 4.78 is 79.1. The van der Waals surface area contributed by atoms with E-state index < -0.39 is 47.3 Å². The van der Waals surface area contributed by atoms with E-state index in [4.69, 9.17) is 9.15 Å². The van der Waals surface area contributed by atoms with E-state index in [0.29, 0.717) is 24.9 Å². The lowest BCUT2D eigenvalue weighted by molar-refractivity contribution is -0.130. The van der Waals surface area contributed by atoms with Gasteiger partial charge in [-0.1, -0.05) is 0 Å². The molecule has 2 saturated carbocycles. The van der Waals surface area contributed by atoms with Gasteiger partial charge in [0.25, 0.3) is 11.9 Å². The molecule has 1 amide bonds. The molecule has 1 aliphatic heterocycles. The maximum atomic E-state index is 14.6. The Morgan fingerprint density at radius 3 is 2.38 bits per heavy atom. The number of alkyl halides is 3. The van der Waals surface area contributed by atoms with E-state index in [2.05, 4.69) is 10.3 Å². The molecule has 6 nitrogen and oxygen atoms in total. The second-order valence-corrected chi connectivity index (χ2v) is 9.30. The first kappa shape index (κ1) is 22.9.